The Morgan fingerprint density at radius 1 is 0.892 bits per heavy atom. The molecule has 0 saturated heterocycles. The topological polar surface area (TPSA) is 123 Å². The predicted molar refractivity (Wildman–Crippen MR) is 135 cm³/mol. The van der Waals surface area contributed by atoms with Crippen LogP contribution in [0, 0.1) is 57.2 Å². The number of rotatable bonds is 6. The molecule has 7 heteroatoms. The third kappa shape index (κ3) is 3.73. The van der Waals surface area contributed by atoms with E-state index in [1.165, 1.54) is 6.92 Å². The summed E-state index contributed by atoms with van der Waals surface area (Å²) in [5.41, 5.74) is -3.00. The fourth-order valence-electron chi connectivity index (χ4n) is 9.36. The van der Waals surface area contributed by atoms with Crippen LogP contribution in [0.4, 0.5) is 0 Å². The number of hydrogen-bond donors (Lipinski definition) is 1. The van der Waals surface area contributed by atoms with Gasteiger partial charge < -0.3 is 5.11 Å². The zero-order chi connectivity index (χ0) is 27.9. The third-order valence-corrected chi connectivity index (χ3v) is 11.8. The first-order valence-electron chi connectivity index (χ1n) is 13.8. The molecule has 0 aliphatic heterocycles. The molecule has 0 aromatic heterocycles. The van der Waals surface area contributed by atoms with Gasteiger partial charge in [-0.05, 0) is 35.0 Å². The number of aliphatic carboxylic acids is 1. The van der Waals surface area contributed by atoms with Crippen molar-refractivity contribution in [3.05, 3.63) is 0 Å². The van der Waals surface area contributed by atoms with E-state index in [1.54, 1.807) is 0 Å². The first-order valence-corrected chi connectivity index (χ1v) is 13.8. The lowest BCUT2D eigenvalue weighted by Gasteiger charge is -2.64. The minimum atomic E-state index is -1.02. The van der Waals surface area contributed by atoms with Crippen LogP contribution in [0.1, 0.15) is 93.4 Å². The number of carboxylic acid groups (broad SMARTS) is 1. The maximum Gasteiger partial charge on any atom is 0.306 e. The minimum Gasteiger partial charge on any atom is -0.481 e. The van der Waals surface area contributed by atoms with Crippen molar-refractivity contribution >= 4 is 34.9 Å². The number of hydrogen-bond acceptors (Lipinski definition) is 6. The molecule has 4 aliphatic carbocycles. The minimum absolute atomic E-state index is 0.00778. The summed E-state index contributed by atoms with van der Waals surface area (Å²) in [5.74, 6) is -3.90. The van der Waals surface area contributed by atoms with Gasteiger partial charge >= 0.3 is 5.97 Å². The van der Waals surface area contributed by atoms with Crippen molar-refractivity contribution < 1.29 is 33.9 Å². The van der Waals surface area contributed by atoms with Crippen molar-refractivity contribution in [2.45, 2.75) is 93.4 Å². The Labute approximate surface area is 219 Å². The van der Waals surface area contributed by atoms with Crippen molar-refractivity contribution in [3.8, 4) is 0 Å². The van der Waals surface area contributed by atoms with Crippen molar-refractivity contribution in [2.24, 2.45) is 57.2 Å². The average molecular weight is 515 g/mol. The molecule has 0 aromatic rings. The molecular formula is C30H42O7. The van der Waals surface area contributed by atoms with E-state index in [4.69, 9.17) is 5.11 Å². The Morgan fingerprint density at radius 2 is 1.51 bits per heavy atom. The summed E-state index contributed by atoms with van der Waals surface area (Å²) >= 11 is 0. The highest BCUT2D eigenvalue weighted by Crippen LogP contribution is 2.71. The number of fused-ring (bicyclic) bond motifs is 5. The summed E-state index contributed by atoms with van der Waals surface area (Å²) in [5, 5.41) is 9.17. The maximum absolute atomic E-state index is 14.1. The van der Waals surface area contributed by atoms with E-state index in [9.17, 15) is 28.8 Å². The molecular weight excluding hydrogens is 472 g/mol. The Bertz CT molecular complexity index is 1090. The molecule has 0 amide bonds. The van der Waals surface area contributed by atoms with Crippen LogP contribution < -0.4 is 0 Å². The SMILES string of the molecule is CC(CC(=O)CC(C)C1CC(=O)C2(C)C3C(=O)CC4C(C)(C)C(=O)CCC4(C)C3C(=O)CC12C)C(=O)O. The lowest BCUT2D eigenvalue weighted by molar-refractivity contribution is -0.191. The third-order valence-electron chi connectivity index (χ3n) is 11.8. The average Bonchev–Trinajstić information content (AvgIpc) is 2.99. The second-order valence-corrected chi connectivity index (χ2v) is 14.0. The highest BCUT2D eigenvalue weighted by Gasteiger charge is 2.74. The number of ketones is 5. The van der Waals surface area contributed by atoms with Crippen molar-refractivity contribution in [3.63, 3.8) is 0 Å². The summed E-state index contributed by atoms with van der Waals surface area (Å²) in [4.78, 5) is 78.5. The van der Waals surface area contributed by atoms with E-state index in [2.05, 4.69) is 6.92 Å². The summed E-state index contributed by atoms with van der Waals surface area (Å²) in [6.45, 7) is 13.1. The number of Topliss-reactive ketones (excluding diaryl/α,β-unsaturated/α-hetero) is 5. The van der Waals surface area contributed by atoms with Crippen molar-refractivity contribution in [1.29, 1.82) is 0 Å². The summed E-state index contributed by atoms with van der Waals surface area (Å²) in [6, 6.07) is 0. The molecule has 0 radical (unpaired) electrons. The van der Waals surface area contributed by atoms with E-state index >= 15 is 0 Å². The molecule has 1 N–H and O–H groups in total. The van der Waals surface area contributed by atoms with Gasteiger partial charge in [0.1, 0.15) is 28.9 Å². The molecule has 4 rings (SSSR count). The van der Waals surface area contributed by atoms with Gasteiger partial charge in [0.05, 0.1) is 5.92 Å². The van der Waals surface area contributed by atoms with Crippen LogP contribution in [0.3, 0.4) is 0 Å². The maximum atomic E-state index is 14.1. The number of carboxylic acids is 1. The highest BCUT2D eigenvalue weighted by molar-refractivity contribution is 6.03. The van der Waals surface area contributed by atoms with Crippen LogP contribution in [-0.4, -0.2) is 40.0 Å². The number of carbonyl (C=O) groups excluding carboxylic acids is 5. The molecule has 4 fully saturated rings. The van der Waals surface area contributed by atoms with Gasteiger partial charge in [0.15, 0.2) is 0 Å². The molecule has 4 saturated carbocycles. The van der Waals surface area contributed by atoms with Gasteiger partial charge in [0, 0.05) is 61.2 Å². The molecule has 0 bridgehead atoms. The van der Waals surface area contributed by atoms with Gasteiger partial charge in [-0.25, -0.2) is 0 Å². The molecule has 9 atom stereocenters. The van der Waals surface area contributed by atoms with Crippen LogP contribution in [0.25, 0.3) is 0 Å². The first-order chi connectivity index (χ1) is 16.9. The summed E-state index contributed by atoms with van der Waals surface area (Å²) in [6.07, 6.45) is 1.60. The smallest absolute Gasteiger partial charge is 0.306 e. The van der Waals surface area contributed by atoms with Crippen LogP contribution in [0.15, 0.2) is 0 Å². The van der Waals surface area contributed by atoms with E-state index in [1.807, 2.05) is 34.6 Å². The van der Waals surface area contributed by atoms with Gasteiger partial charge in [0.2, 0.25) is 0 Å². The number of carbonyl (C=O) groups is 6. The molecule has 0 aromatic carbocycles. The second-order valence-electron chi connectivity index (χ2n) is 14.0. The fraction of sp³-hybridized carbons (Fsp3) is 0.800. The summed E-state index contributed by atoms with van der Waals surface area (Å²) < 4.78 is 0. The monoisotopic (exact) mass is 514 g/mol. The zero-order valence-electron chi connectivity index (χ0n) is 23.3. The van der Waals surface area contributed by atoms with Crippen molar-refractivity contribution in [1.82, 2.24) is 0 Å². The lowest BCUT2D eigenvalue weighted by atomic mass is 9.37. The van der Waals surface area contributed by atoms with E-state index in [0.717, 1.165) is 0 Å². The van der Waals surface area contributed by atoms with Crippen LogP contribution in [0.5, 0.6) is 0 Å². The normalized spacial score (nSPS) is 42.5. The van der Waals surface area contributed by atoms with Gasteiger partial charge in [-0.1, -0.05) is 48.5 Å². The second kappa shape index (κ2) is 8.67. The molecule has 0 heterocycles. The van der Waals surface area contributed by atoms with Crippen LogP contribution in [0.2, 0.25) is 0 Å². The van der Waals surface area contributed by atoms with Gasteiger partial charge in [-0.3, -0.25) is 28.8 Å². The quantitative estimate of drug-likeness (QED) is 0.554. The van der Waals surface area contributed by atoms with Gasteiger partial charge in [-0.2, -0.15) is 0 Å². The Morgan fingerprint density at radius 3 is 2.11 bits per heavy atom. The molecule has 37 heavy (non-hydrogen) atoms. The fourth-order valence-corrected chi connectivity index (χ4v) is 9.36. The Balaban J connectivity index is 1.69. The first kappa shape index (κ1) is 27.8. The molecule has 9 unspecified atom stereocenters. The predicted octanol–water partition coefficient (Wildman–Crippen LogP) is 4.48. The highest BCUT2D eigenvalue weighted by atomic mass is 16.4. The van der Waals surface area contributed by atoms with E-state index in [0.29, 0.717) is 12.8 Å². The zero-order valence-corrected chi connectivity index (χ0v) is 23.3. The summed E-state index contributed by atoms with van der Waals surface area (Å²) in [7, 11) is 0. The largest absolute Gasteiger partial charge is 0.481 e. The Hall–Kier alpha value is -2.18. The van der Waals surface area contributed by atoms with Crippen molar-refractivity contribution in [2.75, 3.05) is 0 Å². The molecule has 7 nitrogen and oxygen atoms in total. The van der Waals surface area contributed by atoms with Crippen LogP contribution >= 0.6 is 0 Å². The van der Waals surface area contributed by atoms with Gasteiger partial charge in [-0.15, -0.1) is 0 Å². The van der Waals surface area contributed by atoms with Gasteiger partial charge in [0.25, 0.3) is 0 Å². The van der Waals surface area contributed by atoms with Crippen LogP contribution in [-0.2, 0) is 28.8 Å². The molecule has 4 aliphatic rings. The Kier molecular flexibility index (Phi) is 6.52. The van der Waals surface area contributed by atoms with E-state index in [-0.39, 0.29) is 78.8 Å². The lowest BCUT2D eigenvalue weighted by Crippen LogP contribution is -2.67. The molecule has 204 valence electrons. The standard InChI is InChI=1S/C30H42O7/c1-15(10-17(31)11-16(2)26(36)37)18-12-23(35)30(7)25-19(32)13-21-27(3,4)22(34)8-9-28(21,5)24(25)20(33)14-29(18,30)6/h15-16,18,21,24-25H,8-14H2,1-7H3,(H,36,37). The van der Waals surface area contributed by atoms with E-state index < -0.39 is 45.4 Å². The molecule has 0 spiro atoms.